The maximum atomic E-state index is 12.3. The molecule has 8 heteroatoms. The van der Waals surface area contributed by atoms with E-state index in [1.54, 1.807) is 0 Å². The van der Waals surface area contributed by atoms with Gasteiger partial charge in [0, 0.05) is 18.4 Å². The molecule has 0 unspecified atom stereocenters. The van der Waals surface area contributed by atoms with Gasteiger partial charge >= 0.3 is 0 Å². The lowest BCUT2D eigenvalue weighted by Crippen LogP contribution is -2.07. The van der Waals surface area contributed by atoms with Crippen LogP contribution >= 0.6 is 0 Å². The van der Waals surface area contributed by atoms with Crippen LogP contribution in [-0.4, -0.2) is 41.2 Å². The quantitative estimate of drug-likeness (QED) is 0.316. The van der Waals surface area contributed by atoms with Crippen molar-refractivity contribution >= 4 is 5.78 Å². The predicted octanol–water partition coefficient (Wildman–Crippen LogP) is 4.27. The van der Waals surface area contributed by atoms with Crippen LogP contribution < -0.4 is 0 Å². The van der Waals surface area contributed by atoms with Gasteiger partial charge in [0.15, 0.2) is 5.82 Å². The molecule has 0 bridgehead atoms. The molecular weight excluding hydrogens is 402 g/mol. The van der Waals surface area contributed by atoms with Gasteiger partial charge in [-0.1, -0.05) is 67.6 Å². The highest BCUT2D eigenvalue weighted by Crippen LogP contribution is 2.29. The molecule has 8 nitrogen and oxygen atoms in total. The molecule has 0 spiro atoms. The van der Waals surface area contributed by atoms with Crippen LogP contribution in [0.2, 0.25) is 0 Å². The Morgan fingerprint density at radius 1 is 1.09 bits per heavy atom. The molecule has 0 aliphatic rings. The first-order chi connectivity index (χ1) is 15.7. The van der Waals surface area contributed by atoms with Gasteiger partial charge < -0.3 is 0 Å². The molecule has 0 aliphatic carbocycles. The summed E-state index contributed by atoms with van der Waals surface area (Å²) in [5.41, 5.74) is 4.12. The third-order valence-electron chi connectivity index (χ3n) is 5.14. The molecule has 0 saturated carbocycles. The van der Waals surface area contributed by atoms with Crippen molar-refractivity contribution in [3.8, 4) is 22.5 Å². The van der Waals surface area contributed by atoms with Crippen molar-refractivity contribution in [1.29, 1.82) is 0 Å². The van der Waals surface area contributed by atoms with Crippen LogP contribution in [0, 0.1) is 0 Å². The van der Waals surface area contributed by atoms with Crippen LogP contribution in [0.1, 0.15) is 48.7 Å². The molecule has 162 valence electrons. The molecular formula is C24H25N7O. The Bertz CT molecular complexity index is 1210. The van der Waals surface area contributed by atoms with Crippen LogP contribution in [0.15, 0.2) is 60.7 Å². The average Bonchev–Trinajstić information content (AvgIpc) is 3.49. The van der Waals surface area contributed by atoms with E-state index in [0.29, 0.717) is 31.0 Å². The number of carbonyl (C=O) groups is 1. The smallest absolute Gasteiger partial charge is 0.217 e. The van der Waals surface area contributed by atoms with Gasteiger partial charge in [0.05, 0.1) is 6.54 Å². The van der Waals surface area contributed by atoms with Crippen LogP contribution in [0.3, 0.4) is 0 Å². The summed E-state index contributed by atoms with van der Waals surface area (Å²) in [7, 11) is 0. The molecule has 0 atom stereocenters. The lowest BCUT2D eigenvalue weighted by molar-refractivity contribution is 0.0971. The fourth-order valence-electron chi connectivity index (χ4n) is 3.51. The Labute approximate surface area is 186 Å². The maximum Gasteiger partial charge on any atom is 0.217 e. The van der Waals surface area contributed by atoms with Gasteiger partial charge in [0.25, 0.3) is 0 Å². The Kier molecular flexibility index (Phi) is 6.60. The van der Waals surface area contributed by atoms with Crippen molar-refractivity contribution in [2.75, 3.05) is 0 Å². The summed E-state index contributed by atoms with van der Waals surface area (Å²) in [6, 6.07) is 16.3. The fourth-order valence-corrected chi connectivity index (χ4v) is 3.51. The number of nitrogens with zero attached hydrogens (tertiary/aromatic N) is 6. The number of carbonyl (C=O) groups excluding carboxylic acids is 1. The third kappa shape index (κ3) is 4.69. The molecule has 0 aliphatic heterocycles. The maximum absolute atomic E-state index is 12.3. The van der Waals surface area contributed by atoms with Gasteiger partial charge in [0.1, 0.15) is 5.82 Å². The second-order valence-electron chi connectivity index (χ2n) is 7.45. The molecule has 0 fully saturated rings. The monoisotopic (exact) mass is 427 g/mol. The van der Waals surface area contributed by atoms with E-state index in [9.17, 15) is 4.79 Å². The predicted molar refractivity (Wildman–Crippen MR) is 122 cm³/mol. The highest BCUT2D eigenvalue weighted by molar-refractivity contribution is 5.92. The third-order valence-corrected chi connectivity index (χ3v) is 5.14. The lowest BCUT2D eigenvalue weighted by atomic mass is 9.98. The second kappa shape index (κ2) is 9.91. The minimum atomic E-state index is -0.0122. The molecule has 0 saturated heterocycles. The summed E-state index contributed by atoms with van der Waals surface area (Å²) in [6.07, 6.45) is 5.88. The standard InChI is InChI=1S/C24H25N7O/c1-3-5-11-22-25-24(21(32)8-4-2)28-31(22)16-17-12-14-18(15-13-17)19-9-6-7-10-20(19)23-26-29-30-27-23/h3,5-7,9-10,12-15H,4,8,11,16H2,1-2H3,(H,26,27,29,30). The highest BCUT2D eigenvalue weighted by atomic mass is 16.1. The van der Waals surface area contributed by atoms with E-state index in [1.165, 1.54) is 0 Å². The van der Waals surface area contributed by atoms with E-state index >= 15 is 0 Å². The SMILES string of the molecule is CC=CCc1nc(C(=O)CCC)nn1Cc1ccc(-c2ccccc2-c2nnn[nH]2)cc1. The van der Waals surface area contributed by atoms with E-state index in [1.807, 2.05) is 54.9 Å². The number of hydrogen-bond acceptors (Lipinski definition) is 6. The molecule has 4 aromatic rings. The fraction of sp³-hybridized carbons (Fsp3) is 0.250. The topological polar surface area (TPSA) is 102 Å². The molecule has 4 rings (SSSR count). The molecule has 0 amide bonds. The molecule has 0 radical (unpaired) electrons. The normalized spacial score (nSPS) is 11.3. The summed E-state index contributed by atoms with van der Waals surface area (Å²) in [4.78, 5) is 16.8. The molecule has 1 N–H and O–H groups in total. The first-order valence-corrected chi connectivity index (χ1v) is 10.7. The molecule has 32 heavy (non-hydrogen) atoms. The van der Waals surface area contributed by atoms with Crippen molar-refractivity contribution in [3.63, 3.8) is 0 Å². The number of nitrogens with one attached hydrogen (secondary N) is 1. The van der Waals surface area contributed by atoms with E-state index in [4.69, 9.17) is 0 Å². The van der Waals surface area contributed by atoms with Gasteiger partial charge in [0.2, 0.25) is 11.6 Å². The summed E-state index contributed by atoms with van der Waals surface area (Å²) in [5.74, 6) is 1.71. The Morgan fingerprint density at radius 2 is 1.88 bits per heavy atom. The van der Waals surface area contributed by atoms with Gasteiger partial charge in [-0.3, -0.25) is 4.79 Å². The van der Waals surface area contributed by atoms with Crippen LogP contribution in [0.25, 0.3) is 22.5 Å². The number of rotatable bonds is 9. The zero-order valence-electron chi connectivity index (χ0n) is 18.2. The number of Topliss-reactive ketones (excluding diaryl/α,β-unsaturated/α-hetero) is 1. The number of allylic oxidation sites excluding steroid dienone is 2. The van der Waals surface area contributed by atoms with Gasteiger partial charge in [-0.05, 0) is 40.5 Å². The Balaban J connectivity index is 1.59. The molecule has 2 aromatic carbocycles. The summed E-state index contributed by atoms with van der Waals surface area (Å²) >= 11 is 0. The van der Waals surface area contributed by atoms with Crippen molar-refractivity contribution in [2.24, 2.45) is 0 Å². The summed E-state index contributed by atoms with van der Waals surface area (Å²) in [6.45, 7) is 4.50. The first kappa shape index (κ1) is 21.3. The zero-order chi connectivity index (χ0) is 22.3. The van der Waals surface area contributed by atoms with E-state index in [2.05, 4.69) is 55.0 Å². The number of H-pyrrole nitrogens is 1. The van der Waals surface area contributed by atoms with Crippen molar-refractivity contribution in [1.82, 2.24) is 35.4 Å². The van der Waals surface area contributed by atoms with Crippen molar-refractivity contribution in [2.45, 2.75) is 39.7 Å². The van der Waals surface area contributed by atoms with E-state index < -0.39 is 0 Å². The highest BCUT2D eigenvalue weighted by Gasteiger charge is 2.16. The van der Waals surface area contributed by atoms with Gasteiger partial charge in [-0.15, -0.1) is 10.2 Å². The summed E-state index contributed by atoms with van der Waals surface area (Å²) in [5, 5.41) is 18.7. The Morgan fingerprint density at radius 3 is 2.56 bits per heavy atom. The van der Waals surface area contributed by atoms with Crippen molar-refractivity contribution in [3.05, 3.63) is 77.9 Å². The lowest BCUT2D eigenvalue weighted by Gasteiger charge is -2.09. The number of aromatic nitrogens is 7. The Hall–Kier alpha value is -3.94. The average molecular weight is 428 g/mol. The van der Waals surface area contributed by atoms with Gasteiger partial charge in [-0.25, -0.2) is 14.8 Å². The molecule has 2 heterocycles. The number of hydrogen-bond donors (Lipinski definition) is 1. The van der Waals surface area contributed by atoms with E-state index in [-0.39, 0.29) is 5.78 Å². The zero-order valence-corrected chi connectivity index (χ0v) is 18.2. The summed E-state index contributed by atoms with van der Waals surface area (Å²) < 4.78 is 1.83. The number of benzene rings is 2. The number of ketones is 1. The van der Waals surface area contributed by atoms with E-state index in [0.717, 1.165) is 34.5 Å². The van der Waals surface area contributed by atoms with Gasteiger partial charge in [-0.2, -0.15) is 0 Å². The minimum Gasteiger partial charge on any atom is -0.291 e. The van der Waals surface area contributed by atoms with Crippen LogP contribution in [-0.2, 0) is 13.0 Å². The number of tetrazole rings is 1. The first-order valence-electron chi connectivity index (χ1n) is 10.7. The second-order valence-corrected chi connectivity index (χ2v) is 7.45. The number of aromatic amines is 1. The molecule has 2 aromatic heterocycles. The van der Waals surface area contributed by atoms with Crippen LogP contribution in [0.5, 0.6) is 0 Å². The largest absolute Gasteiger partial charge is 0.291 e. The van der Waals surface area contributed by atoms with Crippen LogP contribution in [0.4, 0.5) is 0 Å². The minimum absolute atomic E-state index is 0.0122. The van der Waals surface area contributed by atoms with Crippen molar-refractivity contribution < 1.29 is 4.79 Å².